The average molecular weight is 417 g/mol. The molecule has 0 saturated heterocycles. The number of carbonyl (C=O) groups excluding carboxylic acids is 1. The van der Waals surface area contributed by atoms with Crippen LogP contribution in [0.15, 0.2) is 30.3 Å². The molecule has 2 N–H and O–H groups in total. The van der Waals surface area contributed by atoms with Crippen molar-refractivity contribution in [3.63, 3.8) is 0 Å². The van der Waals surface area contributed by atoms with E-state index in [-0.39, 0.29) is 23.1 Å². The first kappa shape index (κ1) is 15.8. The highest BCUT2D eigenvalue weighted by molar-refractivity contribution is 14.1. The Kier molecular flexibility index (Phi) is 5.18. The van der Waals surface area contributed by atoms with E-state index in [9.17, 15) is 9.59 Å². The summed E-state index contributed by atoms with van der Waals surface area (Å²) in [4.78, 5) is 23.8. The van der Waals surface area contributed by atoms with Crippen LogP contribution in [0.5, 0.6) is 5.75 Å². The first-order valence-electron chi connectivity index (χ1n) is 5.97. The topological polar surface area (TPSA) is 75.6 Å². The van der Waals surface area contributed by atoms with Crippen molar-refractivity contribution in [1.82, 2.24) is 0 Å². The number of aromatic carboxylic acids is 1. The number of benzene rings is 1. The van der Waals surface area contributed by atoms with Gasteiger partial charge in [-0.1, -0.05) is 6.07 Å². The lowest BCUT2D eigenvalue weighted by Crippen LogP contribution is -2.20. The maximum absolute atomic E-state index is 11.8. The van der Waals surface area contributed by atoms with Crippen molar-refractivity contribution in [2.24, 2.45) is 0 Å². The van der Waals surface area contributed by atoms with Gasteiger partial charge in [0.1, 0.15) is 5.75 Å². The average Bonchev–Trinajstić information content (AvgIpc) is 2.78. The van der Waals surface area contributed by atoms with Crippen LogP contribution in [0.1, 0.15) is 14.5 Å². The quantitative estimate of drug-likeness (QED) is 0.732. The number of ether oxygens (including phenoxy) is 1. The van der Waals surface area contributed by atoms with Crippen LogP contribution >= 0.6 is 33.9 Å². The van der Waals surface area contributed by atoms with Gasteiger partial charge in [0.15, 0.2) is 11.5 Å². The van der Waals surface area contributed by atoms with Crippen molar-refractivity contribution < 1.29 is 19.4 Å². The number of halogens is 1. The second kappa shape index (κ2) is 6.90. The number of amides is 1. The third kappa shape index (κ3) is 4.43. The number of rotatable bonds is 5. The molecular formula is C14H12INO4S. The Bertz CT molecular complexity index is 683. The molecule has 0 bridgehead atoms. The van der Waals surface area contributed by atoms with E-state index in [0.29, 0.717) is 5.69 Å². The molecule has 0 spiro atoms. The van der Waals surface area contributed by atoms with E-state index in [1.54, 1.807) is 19.1 Å². The monoisotopic (exact) mass is 417 g/mol. The van der Waals surface area contributed by atoms with Gasteiger partial charge in [0.2, 0.25) is 0 Å². The third-order valence-electron chi connectivity index (χ3n) is 2.48. The second-order valence-corrected chi connectivity index (χ2v) is 6.70. The molecule has 21 heavy (non-hydrogen) atoms. The molecule has 2 aromatic rings. The molecule has 2 rings (SSSR count). The number of thiophene rings is 1. The molecule has 0 aliphatic heterocycles. The van der Waals surface area contributed by atoms with E-state index in [2.05, 4.69) is 27.9 Å². The fraction of sp³-hybridized carbons (Fsp3) is 0.143. The van der Waals surface area contributed by atoms with Crippen molar-refractivity contribution in [3.05, 3.63) is 43.7 Å². The van der Waals surface area contributed by atoms with Crippen LogP contribution in [0.3, 0.4) is 0 Å². The normalized spacial score (nSPS) is 10.2. The van der Waals surface area contributed by atoms with Gasteiger partial charge in [-0.25, -0.2) is 4.79 Å². The highest BCUT2D eigenvalue weighted by Gasteiger charge is 2.16. The van der Waals surface area contributed by atoms with Gasteiger partial charge in [-0.05, 0) is 53.8 Å². The number of carbonyl (C=O) groups is 2. The number of hydrogen-bond acceptors (Lipinski definition) is 4. The van der Waals surface area contributed by atoms with Gasteiger partial charge >= 0.3 is 5.97 Å². The summed E-state index contributed by atoms with van der Waals surface area (Å²) in [5.41, 5.74) is 0.676. The molecule has 5 nitrogen and oxygen atoms in total. The predicted molar refractivity (Wildman–Crippen MR) is 89.3 cm³/mol. The minimum atomic E-state index is -1.05. The van der Waals surface area contributed by atoms with Gasteiger partial charge in [-0.3, -0.25) is 4.79 Å². The second-order valence-electron chi connectivity index (χ2n) is 4.20. The molecule has 0 radical (unpaired) electrons. The molecular weight excluding hydrogens is 405 g/mol. The van der Waals surface area contributed by atoms with Crippen LogP contribution in [0.4, 0.5) is 5.69 Å². The molecule has 0 unspecified atom stereocenters. The van der Waals surface area contributed by atoms with Crippen molar-refractivity contribution in [3.8, 4) is 5.75 Å². The molecule has 0 aliphatic carbocycles. The maximum atomic E-state index is 11.8. The number of carboxylic acid groups (broad SMARTS) is 1. The molecule has 0 fully saturated rings. The van der Waals surface area contributed by atoms with E-state index in [1.807, 2.05) is 18.2 Å². The Hall–Kier alpha value is -1.61. The van der Waals surface area contributed by atoms with Gasteiger partial charge in [0, 0.05) is 14.1 Å². The molecule has 0 atom stereocenters. The Balaban J connectivity index is 1.97. The predicted octanol–water partition coefficient (Wildman–Crippen LogP) is 3.38. The maximum Gasteiger partial charge on any atom is 0.349 e. The smallest absolute Gasteiger partial charge is 0.349 e. The van der Waals surface area contributed by atoms with E-state index < -0.39 is 5.97 Å². The molecule has 1 heterocycles. The molecule has 0 saturated carbocycles. The van der Waals surface area contributed by atoms with Gasteiger partial charge in [0.05, 0.1) is 0 Å². The molecule has 110 valence electrons. The molecule has 1 aromatic heterocycles. The fourth-order valence-electron chi connectivity index (χ4n) is 1.65. The van der Waals surface area contributed by atoms with Crippen LogP contribution in [-0.4, -0.2) is 23.6 Å². The van der Waals surface area contributed by atoms with Crippen molar-refractivity contribution >= 4 is 51.5 Å². The zero-order chi connectivity index (χ0) is 15.4. The van der Waals surface area contributed by atoms with Gasteiger partial charge in [0.25, 0.3) is 5.91 Å². The Labute approximate surface area is 139 Å². The lowest BCUT2D eigenvalue weighted by Gasteiger charge is -2.07. The minimum absolute atomic E-state index is 0.106. The third-order valence-corrected chi connectivity index (χ3v) is 4.17. The number of carboxylic acids is 1. The van der Waals surface area contributed by atoms with Crippen molar-refractivity contribution in [2.75, 3.05) is 11.9 Å². The van der Waals surface area contributed by atoms with Gasteiger partial charge < -0.3 is 15.2 Å². The van der Waals surface area contributed by atoms with E-state index in [4.69, 9.17) is 9.84 Å². The molecule has 7 heteroatoms. The lowest BCUT2D eigenvalue weighted by molar-refractivity contribution is -0.118. The summed E-state index contributed by atoms with van der Waals surface area (Å²) in [7, 11) is 0. The Morgan fingerprint density at radius 1 is 1.38 bits per heavy atom. The summed E-state index contributed by atoms with van der Waals surface area (Å²) in [6, 6.07) is 8.98. The SMILES string of the molecule is Cc1cc(OCC(=O)Nc2cccc(I)c2)c(C(=O)O)s1. The number of aryl methyl sites for hydroxylation is 1. The van der Waals surface area contributed by atoms with Gasteiger partial charge in [-0.2, -0.15) is 0 Å². The summed E-state index contributed by atoms with van der Waals surface area (Å²) in [6.45, 7) is 1.55. The summed E-state index contributed by atoms with van der Waals surface area (Å²) in [6.07, 6.45) is 0. The summed E-state index contributed by atoms with van der Waals surface area (Å²) < 4.78 is 6.31. The highest BCUT2D eigenvalue weighted by Crippen LogP contribution is 2.28. The first-order valence-corrected chi connectivity index (χ1v) is 7.87. The fourth-order valence-corrected chi connectivity index (χ4v) is 2.99. The standard InChI is InChI=1S/C14H12INO4S/c1-8-5-11(13(21-8)14(18)19)20-7-12(17)16-10-4-2-3-9(15)6-10/h2-6H,7H2,1H3,(H,16,17)(H,18,19). The van der Waals surface area contributed by atoms with Gasteiger partial charge in [-0.15, -0.1) is 11.3 Å². The Morgan fingerprint density at radius 3 is 2.81 bits per heavy atom. The van der Waals surface area contributed by atoms with E-state index in [1.165, 1.54) is 0 Å². The zero-order valence-corrected chi connectivity index (χ0v) is 14.0. The van der Waals surface area contributed by atoms with Crippen molar-refractivity contribution in [2.45, 2.75) is 6.92 Å². The molecule has 1 amide bonds. The lowest BCUT2D eigenvalue weighted by atomic mass is 10.3. The summed E-state index contributed by atoms with van der Waals surface area (Å²) >= 11 is 3.27. The van der Waals surface area contributed by atoms with Crippen LogP contribution in [0.2, 0.25) is 0 Å². The number of anilines is 1. The van der Waals surface area contributed by atoms with E-state index >= 15 is 0 Å². The van der Waals surface area contributed by atoms with Crippen molar-refractivity contribution in [1.29, 1.82) is 0 Å². The van der Waals surface area contributed by atoms with Crippen LogP contribution in [0.25, 0.3) is 0 Å². The highest BCUT2D eigenvalue weighted by atomic mass is 127. The molecule has 0 aliphatic rings. The van der Waals surface area contributed by atoms with Crippen LogP contribution in [0, 0.1) is 10.5 Å². The first-order chi connectivity index (χ1) is 9.95. The molecule has 1 aromatic carbocycles. The Morgan fingerprint density at radius 2 is 2.14 bits per heavy atom. The summed E-state index contributed by atoms with van der Waals surface area (Å²) in [5, 5.41) is 11.7. The van der Waals surface area contributed by atoms with E-state index in [0.717, 1.165) is 19.8 Å². The zero-order valence-electron chi connectivity index (χ0n) is 11.1. The van der Waals surface area contributed by atoms with Crippen LogP contribution < -0.4 is 10.1 Å². The minimum Gasteiger partial charge on any atom is -0.482 e. The largest absolute Gasteiger partial charge is 0.482 e. The summed E-state index contributed by atoms with van der Waals surface area (Å²) in [5.74, 6) is -1.17. The number of nitrogens with one attached hydrogen (secondary N) is 1. The van der Waals surface area contributed by atoms with Crippen LogP contribution in [-0.2, 0) is 4.79 Å². The number of hydrogen-bond donors (Lipinski definition) is 2.